The van der Waals surface area contributed by atoms with Crippen molar-refractivity contribution in [2.75, 3.05) is 39.3 Å². The molecule has 1 saturated heterocycles. The molecule has 2 rings (SSSR count). The molecule has 7 heteroatoms. The lowest BCUT2D eigenvalue weighted by Gasteiger charge is -2.26. The molecule has 1 N–H and O–H groups in total. The molecule has 0 bridgehead atoms. The molecule has 0 atom stereocenters. The van der Waals surface area contributed by atoms with Crippen molar-refractivity contribution in [3.8, 4) is 0 Å². The van der Waals surface area contributed by atoms with Crippen molar-refractivity contribution in [3.63, 3.8) is 0 Å². The first kappa shape index (κ1) is 18.3. The molecule has 0 spiro atoms. The normalized spacial score (nSPS) is 15.0. The second-order valence-electron chi connectivity index (χ2n) is 5.98. The molecule has 2 heterocycles. The van der Waals surface area contributed by atoms with Crippen LogP contribution in [-0.4, -0.2) is 70.9 Å². The van der Waals surface area contributed by atoms with Gasteiger partial charge in [0.2, 0.25) is 5.91 Å². The monoisotopic (exact) mass is 333 g/mol. The lowest BCUT2D eigenvalue weighted by molar-refractivity contribution is -0.121. The van der Waals surface area contributed by atoms with Crippen LogP contribution in [0.3, 0.4) is 0 Å². The summed E-state index contributed by atoms with van der Waals surface area (Å²) in [6.07, 6.45) is 8.60. The molecule has 24 heavy (non-hydrogen) atoms. The molecule has 1 aliphatic heterocycles. The van der Waals surface area contributed by atoms with Crippen LogP contribution in [0.1, 0.15) is 43.1 Å². The molecular formula is C17H27N5O2. The highest BCUT2D eigenvalue weighted by Gasteiger charge is 2.16. The maximum absolute atomic E-state index is 12.3. The highest BCUT2D eigenvalue weighted by Crippen LogP contribution is 2.07. The van der Waals surface area contributed by atoms with Crippen molar-refractivity contribution in [1.29, 1.82) is 0 Å². The number of hydrogen-bond donors (Lipinski definition) is 1. The average molecular weight is 333 g/mol. The molecule has 1 aromatic heterocycles. The first-order chi connectivity index (χ1) is 11.7. The van der Waals surface area contributed by atoms with Gasteiger partial charge in [-0.3, -0.25) is 14.6 Å². The molecule has 1 aliphatic rings. The maximum atomic E-state index is 12.3. The van der Waals surface area contributed by atoms with E-state index in [0.29, 0.717) is 31.7 Å². The molecule has 0 unspecified atom stereocenters. The molecule has 7 nitrogen and oxygen atoms in total. The Morgan fingerprint density at radius 1 is 1.25 bits per heavy atom. The predicted molar refractivity (Wildman–Crippen MR) is 91.5 cm³/mol. The topological polar surface area (TPSA) is 78.4 Å². The highest BCUT2D eigenvalue weighted by molar-refractivity contribution is 5.92. The van der Waals surface area contributed by atoms with Crippen molar-refractivity contribution in [1.82, 2.24) is 25.1 Å². The number of likely N-dealkylation sites (tertiary alicyclic amines) is 1. The number of hydrogen-bond acceptors (Lipinski definition) is 5. The van der Waals surface area contributed by atoms with Crippen molar-refractivity contribution >= 4 is 11.8 Å². The van der Waals surface area contributed by atoms with Crippen LogP contribution in [0.2, 0.25) is 0 Å². The SMILES string of the molecule is CCN(CCC(=O)NCCN1CCCCC1)C(=O)c1cnccn1. The molecule has 1 fully saturated rings. The van der Waals surface area contributed by atoms with E-state index in [-0.39, 0.29) is 11.8 Å². The van der Waals surface area contributed by atoms with E-state index in [4.69, 9.17) is 0 Å². The molecule has 132 valence electrons. The van der Waals surface area contributed by atoms with E-state index < -0.39 is 0 Å². The van der Waals surface area contributed by atoms with Crippen molar-refractivity contribution in [3.05, 3.63) is 24.3 Å². The van der Waals surface area contributed by atoms with Crippen molar-refractivity contribution in [2.24, 2.45) is 0 Å². The second-order valence-corrected chi connectivity index (χ2v) is 5.98. The molecule has 0 saturated carbocycles. The van der Waals surface area contributed by atoms with Crippen LogP contribution >= 0.6 is 0 Å². The summed E-state index contributed by atoms with van der Waals surface area (Å²) in [7, 11) is 0. The zero-order chi connectivity index (χ0) is 17.2. The highest BCUT2D eigenvalue weighted by atomic mass is 16.2. The third kappa shape index (κ3) is 5.88. The van der Waals surface area contributed by atoms with Gasteiger partial charge in [0.25, 0.3) is 5.91 Å². The standard InChI is InChI=1S/C17H27N5O2/c1-2-22(17(24)15-14-18-7-8-19-15)12-6-16(23)20-9-13-21-10-4-3-5-11-21/h7-8,14H,2-6,9-13H2,1H3,(H,20,23). The largest absolute Gasteiger partial charge is 0.355 e. The number of nitrogens with one attached hydrogen (secondary N) is 1. The van der Waals surface area contributed by atoms with Gasteiger partial charge in [0, 0.05) is 45.0 Å². The third-order valence-corrected chi connectivity index (χ3v) is 4.26. The fourth-order valence-corrected chi connectivity index (χ4v) is 2.84. The minimum absolute atomic E-state index is 0.0163. The van der Waals surface area contributed by atoms with Crippen LogP contribution in [0, 0.1) is 0 Å². The summed E-state index contributed by atoms with van der Waals surface area (Å²) in [6, 6.07) is 0. The summed E-state index contributed by atoms with van der Waals surface area (Å²) in [5.74, 6) is -0.205. The number of carbonyl (C=O) groups is 2. The van der Waals surface area contributed by atoms with Gasteiger partial charge in [0.1, 0.15) is 5.69 Å². The number of piperidine rings is 1. The van der Waals surface area contributed by atoms with Gasteiger partial charge in [-0.2, -0.15) is 0 Å². The number of nitrogens with zero attached hydrogens (tertiary/aromatic N) is 4. The summed E-state index contributed by atoms with van der Waals surface area (Å²) in [4.78, 5) is 36.2. The zero-order valence-electron chi connectivity index (χ0n) is 14.4. The van der Waals surface area contributed by atoms with Crippen LogP contribution in [0.15, 0.2) is 18.6 Å². The van der Waals surface area contributed by atoms with Gasteiger partial charge in [-0.1, -0.05) is 6.42 Å². The fourth-order valence-electron chi connectivity index (χ4n) is 2.84. The first-order valence-electron chi connectivity index (χ1n) is 8.75. The van der Waals surface area contributed by atoms with E-state index in [2.05, 4.69) is 20.2 Å². The number of amides is 2. The number of carbonyl (C=O) groups excluding carboxylic acids is 2. The second kappa shape index (κ2) is 9.97. The van der Waals surface area contributed by atoms with Gasteiger partial charge in [0.15, 0.2) is 0 Å². The van der Waals surface area contributed by atoms with E-state index in [0.717, 1.165) is 19.6 Å². The summed E-state index contributed by atoms with van der Waals surface area (Å²) in [5, 5.41) is 2.94. The molecule has 0 aliphatic carbocycles. The number of rotatable bonds is 8. The van der Waals surface area contributed by atoms with Gasteiger partial charge >= 0.3 is 0 Å². The summed E-state index contributed by atoms with van der Waals surface area (Å²) >= 11 is 0. The van der Waals surface area contributed by atoms with Gasteiger partial charge in [0.05, 0.1) is 6.20 Å². The minimum atomic E-state index is -0.188. The maximum Gasteiger partial charge on any atom is 0.274 e. The third-order valence-electron chi connectivity index (χ3n) is 4.26. The van der Waals surface area contributed by atoms with E-state index >= 15 is 0 Å². The Kier molecular flexibility index (Phi) is 7.61. The van der Waals surface area contributed by atoms with Crippen LogP contribution in [0.25, 0.3) is 0 Å². The quantitative estimate of drug-likeness (QED) is 0.766. The van der Waals surface area contributed by atoms with Crippen LogP contribution in [0.5, 0.6) is 0 Å². The van der Waals surface area contributed by atoms with E-state index in [1.807, 2.05) is 6.92 Å². The fraction of sp³-hybridized carbons (Fsp3) is 0.647. The molecule has 1 aromatic rings. The van der Waals surface area contributed by atoms with Crippen LogP contribution in [0.4, 0.5) is 0 Å². The Hall–Kier alpha value is -2.02. The van der Waals surface area contributed by atoms with E-state index in [9.17, 15) is 9.59 Å². The summed E-state index contributed by atoms with van der Waals surface area (Å²) < 4.78 is 0. The summed E-state index contributed by atoms with van der Waals surface area (Å²) in [5.41, 5.74) is 0.310. The lowest BCUT2D eigenvalue weighted by atomic mass is 10.1. The van der Waals surface area contributed by atoms with Gasteiger partial charge < -0.3 is 15.1 Å². The van der Waals surface area contributed by atoms with Crippen molar-refractivity contribution in [2.45, 2.75) is 32.6 Å². The van der Waals surface area contributed by atoms with Crippen LogP contribution in [-0.2, 0) is 4.79 Å². The molecular weight excluding hydrogens is 306 g/mol. The Bertz CT molecular complexity index is 517. The van der Waals surface area contributed by atoms with Gasteiger partial charge in [-0.15, -0.1) is 0 Å². The van der Waals surface area contributed by atoms with Gasteiger partial charge in [-0.25, -0.2) is 4.98 Å². The Morgan fingerprint density at radius 2 is 2.04 bits per heavy atom. The predicted octanol–water partition coefficient (Wildman–Crippen LogP) is 0.931. The Morgan fingerprint density at radius 3 is 2.71 bits per heavy atom. The van der Waals surface area contributed by atoms with E-state index in [1.165, 1.54) is 37.9 Å². The molecule has 0 radical (unpaired) electrons. The first-order valence-corrected chi connectivity index (χ1v) is 8.75. The van der Waals surface area contributed by atoms with E-state index in [1.54, 1.807) is 4.90 Å². The molecule has 2 amide bonds. The van der Waals surface area contributed by atoms with Gasteiger partial charge in [-0.05, 0) is 32.9 Å². The average Bonchev–Trinajstić information content (AvgIpc) is 2.63. The smallest absolute Gasteiger partial charge is 0.274 e. The summed E-state index contributed by atoms with van der Waals surface area (Å²) in [6.45, 7) is 6.66. The number of aromatic nitrogens is 2. The molecule has 0 aromatic carbocycles. The minimum Gasteiger partial charge on any atom is -0.355 e. The zero-order valence-corrected chi connectivity index (χ0v) is 14.4. The lowest BCUT2D eigenvalue weighted by Crippen LogP contribution is -2.39. The Balaban J connectivity index is 1.68. The van der Waals surface area contributed by atoms with Crippen molar-refractivity contribution < 1.29 is 9.59 Å². The Labute approximate surface area is 143 Å². The van der Waals surface area contributed by atoms with Crippen LogP contribution < -0.4 is 5.32 Å².